The molecular formula is C20H22O4. The summed E-state index contributed by atoms with van der Waals surface area (Å²) in [6, 6.07) is 11.8. The molecule has 2 atom stereocenters. The van der Waals surface area contributed by atoms with E-state index in [0.717, 1.165) is 36.3 Å². The van der Waals surface area contributed by atoms with E-state index >= 15 is 0 Å². The van der Waals surface area contributed by atoms with Crippen LogP contribution >= 0.6 is 0 Å². The van der Waals surface area contributed by atoms with Crippen LogP contribution in [0.3, 0.4) is 0 Å². The third-order valence-electron chi connectivity index (χ3n) is 5.41. The molecule has 0 amide bonds. The maximum Gasteiger partial charge on any atom is 0.164 e. The number of fused-ring (bicyclic) bond motifs is 3. The van der Waals surface area contributed by atoms with E-state index < -0.39 is 0 Å². The summed E-state index contributed by atoms with van der Waals surface area (Å²) >= 11 is 0. The zero-order chi connectivity index (χ0) is 16.7. The van der Waals surface area contributed by atoms with E-state index in [1.807, 2.05) is 24.3 Å². The highest BCUT2D eigenvalue weighted by Crippen LogP contribution is 2.58. The second-order valence-corrected chi connectivity index (χ2v) is 6.58. The first kappa shape index (κ1) is 15.2. The summed E-state index contributed by atoms with van der Waals surface area (Å²) in [6.07, 6.45) is 4.35. The fourth-order valence-corrected chi connectivity index (χ4v) is 4.24. The minimum Gasteiger partial charge on any atom is -0.504 e. The van der Waals surface area contributed by atoms with Crippen LogP contribution in [0.25, 0.3) is 0 Å². The highest BCUT2D eigenvalue weighted by molar-refractivity contribution is 5.56. The van der Waals surface area contributed by atoms with Crippen molar-refractivity contribution in [3.63, 3.8) is 0 Å². The number of ether oxygens (including phenoxy) is 3. The summed E-state index contributed by atoms with van der Waals surface area (Å²) in [5.41, 5.74) is 1.90. The normalized spacial score (nSPS) is 24.7. The molecule has 1 aliphatic heterocycles. The monoisotopic (exact) mass is 326 g/mol. The highest BCUT2D eigenvalue weighted by Gasteiger charge is 2.51. The van der Waals surface area contributed by atoms with Crippen molar-refractivity contribution >= 4 is 0 Å². The largest absolute Gasteiger partial charge is 0.504 e. The lowest BCUT2D eigenvalue weighted by atomic mass is 9.70. The third kappa shape index (κ3) is 2.13. The van der Waals surface area contributed by atoms with Crippen molar-refractivity contribution in [3.8, 4) is 23.0 Å². The number of aromatic hydroxyl groups is 1. The molecule has 1 saturated carbocycles. The maximum absolute atomic E-state index is 10.2. The van der Waals surface area contributed by atoms with Gasteiger partial charge in [-0.25, -0.2) is 0 Å². The quantitative estimate of drug-likeness (QED) is 0.910. The molecule has 4 rings (SSSR count). The van der Waals surface area contributed by atoms with Crippen molar-refractivity contribution in [1.29, 1.82) is 0 Å². The van der Waals surface area contributed by atoms with E-state index in [4.69, 9.17) is 14.2 Å². The Morgan fingerprint density at radius 1 is 1.08 bits per heavy atom. The molecule has 0 spiro atoms. The Balaban J connectivity index is 1.81. The molecule has 4 heteroatoms. The molecule has 0 unspecified atom stereocenters. The van der Waals surface area contributed by atoms with Crippen LogP contribution in [0.5, 0.6) is 23.0 Å². The Morgan fingerprint density at radius 3 is 2.58 bits per heavy atom. The van der Waals surface area contributed by atoms with Gasteiger partial charge >= 0.3 is 0 Å². The van der Waals surface area contributed by atoms with Crippen LogP contribution in [-0.4, -0.2) is 19.3 Å². The number of benzene rings is 2. The zero-order valence-corrected chi connectivity index (χ0v) is 14.0. The van der Waals surface area contributed by atoms with Gasteiger partial charge in [-0.2, -0.15) is 0 Å². The highest BCUT2D eigenvalue weighted by atomic mass is 16.5. The van der Waals surface area contributed by atoms with E-state index in [-0.39, 0.29) is 17.3 Å². The Labute approximate surface area is 142 Å². The molecule has 4 nitrogen and oxygen atoms in total. The minimum atomic E-state index is -0.355. The third-order valence-corrected chi connectivity index (χ3v) is 5.41. The number of phenolic OH excluding ortho intramolecular Hbond substituents is 1. The van der Waals surface area contributed by atoms with Gasteiger partial charge in [0, 0.05) is 17.5 Å². The SMILES string of the molecule is COc1ccc([C@@]23CCCC[C@@H]2c2cc(O)c(OC)cc2O3)cc1. The fraction of sp³-hybridized carbons (Fsp3) is 0.400. The second-order valence-electron chi connectivity index (χ2n) is 6.58. The summed E-state index contributed by atoms with van der Waals surface area (Å²) in [5.74, 6) is 2.56. The van der Waals surface area contributed by atoms with Crippen LogP contribution in [-0.2, 0) is 5.60 Å². The van der Waals surface area contributed by atoms with E-state index in [1.165, 1.54) is 12.0 Å². The lowest BCUT2D eigenvalue weighted by molar-refractivity contribution is 0.0319. The molecule has 0 bridgehead atoms. The molecule has 2 aliphatic rings. The molecule has 0 radical (unpaired) electrons. The molecule has 1 N–H and O–H groups in total. The number of methoxy groups -OCH3 is 2. The summed E-state index contributed by atoms with van der Waals surface area (Å²) < 4.78 is 17.1. The van der Waals surface area contributed by atoms with Crippen molar-refractivity contribution in [2.75, 3.05) is 14.2 Å². The van der Waals surface area contributed by atoms with Gasteiger partial charge in [0.05, 0.1) is 14.2 Å². The van der Waals surface area contributed by atoms with Crippen molar-refractivity contribution in [2.24, 2.45) is 0 Å². The minimum absolute atomic E-state index is 0.177. The van der Waals surface area contributed by atoms with Crippen LogP contribution in [0.1, 0.15) is 42.7 Å². The maximum atomic E-state index is 10.2. The topological polar surface area (TPSA) is 47.9 Å². The first-order valence-electron chi connectivity index (χ1n) is 8.42. The predicted octanol–water partition coefficient (Wildman–Crippen LogP) is 4.35. The Kier molecular flexibility index (Phi) is 3.56. The van der Waals surface area contributed by atoms with Gasteiger partial charge in [0.15, 0.2) is 11.5 Å². The predicted molar refractivity (Wildman–Crippen MR) is 91.2 cm³/mol. The molecule has 126 valence electrons. The fourth-order valence-electron chi connectivity index (χ4n) is 4.24. The summed E-state index contributed by atoms with van der Waals surface area (Å²) in [4.78, 5) is 0. The van der Waals surface area contributed by atoms with Gasteiger partial charge in [-0.05, 0) is 43.0 Å². The van der Waals surface area contributed by atoms with E-state index in [9.17, 15) is 5.11 Å². The zero-order valence-electron chi connectivity index (χ0n) is 14.0. The lowest BCUT2D eigenvalue weighted by Gasteiger charge is -2.39. The van der Waals surface area contributed by atoms with Crippen LogP contribution in [0.2, 0.25) is 0 Å². The summed E-state index contributed by atoms with van der Waals surface area (Å²) in [7, 11) is 3.23. The van der Waals surface area contributed by atoms with Gasteiger partial charge in [0.25, 0.3) is 0 Å². The van der Waals surface area contributed by atoms with Crippen LogP contribution in [0.4, 0.5) is 0 Å². The molecule has 24 heavy (non-hydrogen) atoms. The number of rotatable bonds is 3. The standard InChI is InChI=1S/C20H22O4/c1-22-14-8-6-13(7-9-14)20-10-4-3-5-16(20)15-11-17(21)19(23-2)12-18(15)24-20/h6-9,11-12,16,21H,3-5,10H2,1-2H3/t16-,20+/m1/s1. The first-order chi connectivity index (χ1) is 11.7. The van der Waals surface area contributed by atoms with Gasteiger partial charge in [-0.15, -0.1) is 0 Å². The molecule has 1 heterocycles. The molecule has 1 aliphatic carbocycles. The van der Waals surface area contributed by atoms with Crippen LogP contribution in [0, 0.1) is 0 Å². The van der Waals surface area contributed by atoms with Gasteiger partial charge < -0.3 is 19.3 Å². The Morgan fingerprint density at radius 2 is 1.88 bits per heavy atom. The van der Waals surface area contributed by atoms with Crippen LogP contribution < -0.4 is 14.2 Å². The second kappa shape index (κ2) is 5.62. The summed E-state index contributed by atoms with van der Waals surface area (Å²) in [5, 5.41) is 10.2. The molecule has 0 aromatic heterocycles. The Hall–Kier alpha value is -2.36. The smallest absolute Gasteiger partial charge is 0.164 e. The van der Waals surface area contributed by atoms with Gasteiger partial charge in [-0.1, -0.05) is 18.6 Å². The van der Waals surface area contributed by atoms with Crippen LogP contribution in [0.15, 0.2) is 36.4 Å². The average Bonchev–Trinajstić information content (AvgIpc) is 2.95. The lowest BCUT2D eigenvalue weighted by Crippen LogP contribution is -2.37. The average molecular weight is 326 g/mol. The Bertz CT molecular complexity index is 753. The van der Waals surface area contributed by atoms with E-state index in [1.54, 1.807) is 14.2 Å². The van der Waals surface area contributed by atoms with Gasteiger partial charge in [0.2, 0.25) is 0 Å². The van der Waals surface area contributed by atoms with E-state index in [0.29, 0.717) is 5.75 Å². The van der Waals surface area contributed by atoms with Crippen molar-refractivity contribution in [1.82, 2.24) is 0 Å². The van der Waals surface area contributed by atoms with Gasteiger partial charge in [0.1, 0.15) is 17.1 Å². The molecule has 2 aromatic rings. The summed E-state index contributed by atoms with van der Waals surface area (Å²) in [6.45, 7) is 0. The van der Waals surface area contributed by atoms with Crippen molar-refractivity contribution in [3.05, 3.63) is 47.5 Å². The van der Waals surface area contributed by atoms with Crippen molar-refractivity contribution < 1.29 is 19.3 Å². The molecule has 1 fully saturated rings. The first-order valence-corrected chi connectivity index (χ1v) is 8.42. The van der Waals surface area contributed by atoms with Gasteiger partial charge in [-0.3, -0.25) is 0 Å². The van der Waals surface area contributed by atoms with Crippen molar-refractivity contribution in [2.45, 2.75) is 37.2 Å². The number of hydrogen-bond donors (Lipinski definition) is 1. The number of phenols is 1. The molecule has 2 aromatic carbocycles. The molecule has 0 saturated heterocycles. The van der Waals surface area contributed by atoms with E-state index in [2.05, 4.69) is 12.1 Å². The number of hydrogen-bond acceptors (Lipinski definition) is 4. The molecular weight excluding hydrogens is 304 g/mol.